The van der Waals surface area contributed by atoms with Crippen molar-refractivity contribution >= 4 is 11.9 Å². The largest absolute Gasteiger partial charge is 0.481 e. The van der Waals surface area contributed by atoms with E-state index >= 15 is 0 Å². The van der Waals surface area contributed by atoms with Crippen LogP contribution < -0.4 is 5.32 Å². The highest BCUT2D eigenvalue weighted by molar-refractivity contribution is 5.86. The molecule has 1 rings (SSSR count). The van der Waals surface area contributed by atoms with Crippen molar-refractivity contribution in [1.82, 2.24) is 10.2 Å². The van der Waals surface area contributed by atoms with E-state index in [0.717, 1.165) is 6.42 Å². The standard InChI is InChI=1S/C12H22N2O3/c1-4-5-14-8-12(2,3)7-13-9(11(14)17)6-10(15)16/h9,13H,4-8H2,1-3H3,(H,15,16). The van der Waals surface area contributed by atoms with Gasteiger partial charge < -0.3 is 15.3 Å². The van der Waals surface area contributed by atoms with Crippen molar-refractivity contribution in [2.75, 3.05) is 19.6 Å². The molecule has 1 heterocycles. The second-order valence-electron chi connectivity index (χ2n) is 5.46. The first kappa shape index (κ1) is 14.0. The molecule has 1 saturated heterocycles. The van der Waals surface area contributed by atoms with Gasteiger partial charge in [0.05, 0.1) is 12.5 Å². The molecule has 17 heavy (non-hydrogen) atoms. The van der Waals surface area contributed by atoms with E-state index in [0.29, 0.717) is 19.6 Å². The predicted molar refractivity (Wildman–Crippen MR) is 64.7 cm³/mol. The van der Waals surface area contributed by atoms with Crippen molar-refractivity contribution in [2.45, 2.75) is 39.7 Å². The van der Waals surface area contributed by atoms with Crippen molar-refractivity contribution in [3.8, 4) is 0 Å². The summed E-state index contributed by atoms with van der Waals surface area (Å²) in [6.07, 6.45) is 0.747. The molecule has 98 valence electrons. The Bertz CT molecular complexity index is 302. The molecule has 1 aliphatic rings. The van der Waals surface area contributed by atoms with Gasteiger partial charge in [-0.05, 0) is 11.8 Å². The Labute approximate surface area is 102 Å². The zero-order valence-corrected chi connectivity index (χ0v) is 10.8. The van der Waals surface area contributed by atoms with Crippen LogP contribution in [-0.2, 0) is 9.59 Å². The first-order valence-electron chi connectivity index (χ1n) is 6.09. The van der Waals surface area contributed by atoms with E-state index in [-0.39, 0.29) is 17.7 Å². The SMILES string of the molecule is CCCN1CC(C)(C)CNC(CC(=O)O)C1=O. The number of amides is 1. The summed E-state index contributed by atoms with van der Waals surface area (Å²) in [5.41, 5.74) is -0.0158. The maximum absolute atomic E-state index is 12.2. The van der Waals surface area contributed by atoms with Crippen LogP contribution >= 0.6 is 0 Å². The van der Waals surface area contributed by atoms with Crippen LogP contribution in [0.1, 0.15) is 33.6 Å². The van der Waals surface area contributed by atoms with Crippen LogP contribution in [-0.4, -0.2) is 47.6 Å². The van der Waals surface area contributed by atoms with E-state index in [9.17, 15) is 9.59 Å². The lowest BCUT2D eigenvalue weighted by Crippen LogP contribution is -2.45. The van der Waals surface area contributed by atoms with Gasteiger partial charge in [-0.3, -0.25) is 9.59 Å². The Kier molecular flexibility index (Phi) is 4.51. The number of carbonyl (C=O) groups is 2. The average Bonchev–Trinajstić information content (AvgIpc) is 2.30. The van der Waals surface area contributed by atoms with E-state index in [1.54, 1.807) is 4.90 Å². The van der Waals surface area contributed by atoms with Gasteiger partial charge in [0.15, 0.2) is 0 Å². The summed E-state index contributed by atoms with van der Waals surface area (Å²) >= 11 is 0. The lowest BCUT2D eigenvalue weighted by molar-refractivity contribution is -0.142. The number of hydrogen-bond donors (Lipinski definition) is 2. The highest BCUT2D eigenvalue weighted by atomic mass is 16.4. The first-order chi connectivity index (χ1) is 7.85. The number of hydrogen-bond acceptors (Lipinski definition) is 3. The fraction of sp³-hybridized carbons (Fsp3) is 0.833. The molecule has 2 N–H and O–H groups in total. The van der Waals surface area contributed by atoms with Crippen molar-refractivity contribution < 1.29 is 14.7 Å². The lowest BCUT2D eigenvalue weighted by Gasteiger charge is -2.29. The lowest BCUT2D eigenvalue weighted by atomic mass is 9.93. The summed E-state index contributed by atoms with van der Waals surface area (Å²) in [6, 6.07) is -0.583. The van der Waals surface area contributed by atoms with Crippen LogP contribution in [0.25, 0.3) is 0 Å². The van der Waals surface area contributed by atoms with E-state index in [1.165, 1.54) is 0 Å². The van der Waals surface area contributed by atoms with Crippen LogP contribution in [0, 0.1) is 5.41 Å². The van der Waals surface area contributed by atoms with Crippen LogP contribution in [0.3, 0.4) is 0 Å². The molecule has 5 heteroatoms. The first-order valence-corrected chi connectivity index (χ1v) is 6.09. The van der Waals surface area contributed by atoms with E-state index < -0.39 is 12.0 Å². The normalized spacial score (nSPS) is 24.5. The molecule has 0 aromatic rings. The van der Waals surface area contributed by atoms with Gasteiger partial charge in [0, 0.05) is 19.6 Å². The Hall–Kier alpha value is -1.10. The molecule has 1 atom stereocenters. The third kappa shape index (κ3) is 4.00. The number of rotatable bonds is 4. The summed E-state index contributed by atoms with van der Waals surface area (Å²) in [5.74, 6) is -1.02. The summed E-state index contributed by atoms with van der Waals surface area (Å²) < 4.78 is 0. The number of carboxylic acid groups (broad SMARTS) is 1. The fourth-order valence-electron chi connectivity index (χ4n) is 2.15. The van der Waals surface area contributed by atoms with Crippen LogP contribution in [0.5, 0.6) is 0 Å². The smallest absolute Gasteiger partial charge is 0.305 e. The highest BCUT2D eigenvalue weighted by Crippen LogP contribution is 2.20. The van der Waals surface area contributed by atoms with E-state index in [4.69, 9.17) is 5.11 Å². The Balaban J connectivity index is 2.81. The predicted octanol–water partition coefficient (Wildman–Crippen LogP) is 0.698. The minimum absolute atomic E-state index is 0.0158. The third-order valence-corrected chi connectivity index (χ3v) is 2.93. The van der Waals surface area contributed by atoms with Gasteiger partial charge in [0.25, 0.3) is 0 Å². The number of nitrogens with zero attached hydrogens (tertiary/aromatic N) is 1. The molecular formula is C12H22N2O3. The van der Waals surface area contributed by atoms with Crippen molar-refractivity contribution in [3.05, 3.63) is 0 Å². The maximum atomic E-state index is 12.2. The number of nitrogens with one attached hydrogen (secondary N) is 1. The fourth-order valence-corrected chi connectivity index (χ4v) is 2.15. The molecular weight excluding hydrogens is 220 g/mol. The zero-order valence-electron chi connectivity index (χ0n) is 10.8. The number of carbonyl (C=O) groups excluding carboxylic acids is 1. The molecule has 0 aliphatic carbocycles. The monoisotopic (exact) mass is 242 g/mol. The molecule has 1 unspecified atom stereocenters. The third-order valence-electron chi connectivity index (χ3n) is 2.93. The molecule has 0 aromatic carbocycles. The summed E-state index contributed by atoms with van der Waals surface area (Å²) in [5, 5.41) is 11.9. The van der Waals surface area contributed by atoms with Gasteiger partial charge >= 0.3 is 5.97 Å². The second kappa shape index (κ2) is 5.49. The van der Waals surface area contributed by atoms with Gasteiger partial charge in [0.2, 0.25) is 5.91 Å². The van der Waals surface area contributed by atoms with Gasteiger partial charge in [-0.15, -0.1) is 0 Å². The van der Waals surface area contributed by atoms with Crippen LogP contribution in [0.15, 0.2) is 0 Å². The van der Waals surface area contributed by atoms with Gasteiger partial charge in [-0.25, -0.2) is 0 Å². The molecule has 0 aromatic heterocycles. The minimum Gasteiger partial charge on any atom is -0.481 e. The molecule has 5 nitrogen and oxygen atoms in total. The average molecular weight is 242 g/mol. The van der Waals surface area contributed by atoms with Crippen molar-refractivity contribution in [3.63, 3.8) is 0 Å². The zero-order chi connectivity index (χ0) is 13.1. The van der Waals surface area contributed by atoms with E-state index in [2.05, 4.69) is 19.2 Å². The van der Waals surface area contributed by atoms with Gasteiger partial charge in [-0.2, -0.15) is 0 Å². The van der Waals surface area contributed by atoms with Crippen LogP contribution in [0.2, 0.25) is 0 Å². The topological polar surface area (TPSA) is 69.6 Å². The second-order valence-corrected chi connectivity index (χ2v) is 5.46. The summed E-state index contributed by atoms with van der Waals surface area (Å²) in [7, 11) is 0. The summed E-state index contributed by atoms with van der Waals surface area (Å²) in [4.78, 5) is 24.7. The van der Waals surface area contributed by atoms with E-state index in [1.807, 2.05) is 6.92 Å². The Morgan fingerprint density at radius 3 is 2.76 bits per heavy atom. The molecule has 0 spiro atoms. The maximum Gasteiger partial charge on any atom is 0.305 e. The van der Waals surface area contributed by atoms with Crippen molar-refractivity contribution in [2.24, 2.45) is 5.41 Å². The number of aliphatic carboxylic acids is 1. The van der Waals surface area contributed by atoms with Gasteiger partial charge in [-0.1, -0.05) is 20.8 Å². The molecule has 1 aliphatic heterocycles. The molecule has 0 bridgehead atoms. The molecule has 0 radical (unpaired) electrons. The molecule has 1 amide bonds. The van der Waals surface area contributed by atoms with Crippen LogP contribution in [0.4, 0.5) is 0 Å². The highest BCUT2D eigenvalue weighted by Gasteiger charge is 2.34. The van der Waals surface area contributed by atoms with Crippen molar-refractivity contribution in [1.29, 1.82) is 0 Å². The quantitative estimate of drug-likeness (QED) is 0.761. The Morgan fingerprint density at radius 1 is 1.59 bits per heavy atom. The summed E-state index contributed by atoms with van der Waals surface area (Å²) in [6.45, 7) is 8.22. The molecule has 1 fully saturated rings. The molecule has 0 saturated carbocycles. The number of carboxylic acids is 1. The Morgan fingerprint density at radius 2 is 2.24 bits per heavy atom. The minimum atomic E-state index is -0.938. The van der Waals surface area contributed by atoms with Gasteiger partial charge in [0.1, 0.15) is 0 Å².